The first-order chi connectivity index (χ1) is 29.8. The average Bonchev–Trinajstić information content (AvgIpc) is 3.80. The third kappa shape index (κ3) is 4.99. The lowest BCUT2D eigenvalue weighted by Gasteiger charge is -2.32. The first kappa shape index (κ1) is 34.3. The first-order valence-corrected chi connectivity index (χ1v) is 20.9. The number of hydrogen-bond acceptors (Lipinski definition) is 1. The molecule has 10 aromatic rings. The molecule has 1 nitrogen and oxygen atoms in total. The number of fused-ring (bicyclic) bond motifs is 11. The van der Waals surface area contributed by atoms with Crippen molar-refractivity contribution in [3.05, 3.63) is 259 Å². The molecule has 0 fully saturated rings. The molecule has 1 atom stereocenters. The molecule has 0 bridgehead atoms. The molecule has 0 N–H and O–H groups in total. The lowest BCUT2D eigenvalue weighted by Crippen LogP contribution is -2.26. The van der Waals surface area contributed by atoms with Gasteiger partial charge in [-0.2, -0.15) is 0 Å². The van der Waals surface area contributed by atoms with Crippen molar-refractivity contribution in [3.63, 3.8) is 0 Å². The monoisotopic (exact) mass is 761 g/mol. The van der Waals surface area contributed by atoms with Gasteiger partial charge in [0.2, 0.25) is 0 Å². The van der Waals surface area contributed by atoms with E-state index in [4.69, 9.17) is 0 Å². The topological polar surface area (TPSA) is 3.24 Å². The first-order valence-electron chi connectivity index (χ1n) is 20.9. The van der Waals surface area contributed by atoms with Gasteiger partial charge in [-0.25, -0.2) is 0 Å². The van der Waals surface area contributed by atoms with Crippen LogP contribution in [0.4, 0.5) is 17.1 Å². The van der Waals surface area contributed by atoms with Gasteiger partial charge in [0, 0.05) is 16.8 Å². The van der Waals surface area contributed by atoms with Crippen LogP contribution in [0.25, 0.3) is 66.4 Å². The number of benzene rings is 10. The highest BCUT2D eigenvalue weighted by atomic mass is 15.1. The van der Waals surface area contributed by atoms with Crippen molar-refractivity contribution in [3.8, 4) is 55.6 Å². The summed E-state index contributed by atoms with van der Waals surface area (Å²) in [5, 5.41) is 2.52. The van der Waals surface area contributed by atoms with Gasteiger partial charge in [0.15, 0.2) is 0 Å². The Morgan fingerprint density at radius 1 is 0.267 bits per heavy atom. The van der Waals surface area contributed by atoms with Crippen LogP contribution in [0.3, 0.4) is 0 Å². The average molecular weight is 762 g/mol. The van der Waals surface area contributed by atoms with Gasteiger partial charge in [0.25, 0.3) is 0 Å². The zero-order chi connectivity index (χ0) is 39.6. The van der Waals surface area contributed by atoms with E-state index in [1.54, 1.807) is 0 Å². The van der Waals surface area contributed by atoms with Gasteiger partial charge in [-0.05, 0) is 102 Å². The van der Waals surface area contributed by atoms with E-state index in [-0.39, 0.29) is 0 Å². The standard InChI is InChI=1S/C59H39N/c1-3-18-40(19-4-1)41-36-38-44(39-37-41)60(55-34-14-11-25-46(55)43-20-5-2-6-21-43)56-35-17-33-54-58(56)50-27-10-13-31-52(50)59(54)51-30-12-9-26-49(51)57-48(29-16-32-53(57)59)47-28-15-23-42-22-7-8-24-45(42)47/h1-39H. The second-order valence-corrected chi connectivity index (χ2v) is 15.9. The molecule has 0 radical (unpaired) electrons. The van der Waals surface area contributed by atoms with Gasteiger partial charge in [0.05, 0.1) is 16.8 Å². The lowest BCUT2D eigenvalue weighted by molar-refractivity contribution is 0.794. The summed E-state index contributed by atoms with van der Waals surface area (Å²) in [6, 6.07) is 87.3. The van der Waals surface area contributed by atoms with E-state index < -0.39 is 5.41 Å². The molecule has 0 aliphatic heterocycles. The third-order valence-electron chi connectivity index (χ3n) is 12.9. The molecule has 12 rings (SSSR count). The van der Waals surface area contributed by atoms with Gasteiger partial charge in [0.1, 0.15) is 0 Å². The Balaban J connectivity index is 1.14. The number of hydrogen-bond donors (Lipinski definition) is 0. The van der Waals surface area contributed by atoms with Crippen LogP contribution in [-0.2, 0) is 5.41 Å². The fraction of sp³-hybridized carbons (Fsp3) is 0.0169. The largest absolute Gasteiger partial charge is 0.309 e. The summed E-state index contributed by atoms with van der Waals surface area (Å²) in [5.41, 5.74) is 20.6. The van der Waals surface area contributed by atoms with Crippen LogP contribution in [0.15, 0.2) is 237 Å². The molecule has 0 saturated heterocycles. The summed E-state index contributed by atoms with van der Waals surface area (Å²) in [6.07, 6.45) is 0. The highest BCUT2D eigenvalue weighted by molar-refractivity contribution is 6.07. The van der Waals surface area contributed by atoms with Crippen LogP contribution in [-0.4, -0.2) is 0 Å². The maximum atomic E-state index is 2.50. The van der Waals surface area contributed by atoms with Crippen molar-refractivity contribution in [2.24, 2.45) is 0 Å². The number of anilines is 3. The second-order valence-electron chi connectivity index (χ2n) is 15.9. The van der Waals surface area contributed by atoms with Crippen LogP contribution in [0.2, 0.25) is 0 Å². The van der Waals surface area contributed by atoms with Crippen molar-refractivity contribution in [1.29, 1.82) is 0 Å². The lowest BCUT2D eigenvalue weighted by atomic mass is 9.70. The Hall–Kier alpha value is -7.74. The highest BCUT2D eigenvalue weighted by Crippen LogP contribution is 2.66. The zero-order valence-corrected chi connectivity index (χ0v) is 33.0. The van der Waals surface area contributed by atoms with E-state index >= 15 is 0 Å². The van der Waals surface area contributed by atoms with Crippen molar-refractivity contribution < 1.29 is 0 Å². The Kier molecular flexibility index (Phi) is 7.83. The predicted octanol–water partition coefficient (Wildman–Crippen LogP) is 15.7. The van der Waals surface area contributed by atoms with Crippen LogP contribution in [0, 0.1) is 0 Å². The summed E-state index contributed by atoms with van der Waals surface area (Å²) in [5.74, 6) is 0. The SMILES string of the molecule is c1ccc(-c2ccc(N(c3ccccc3-c3ccccc3)c3cccc4c3-c3ccccc3C43c4ccccc4-c4c(-c5cccc6ccccc56)cccc43)cc2)cc1. The summed E-state index contributed by atoms with van der Waals surface area (Å²) < 4.78 is 0. The van der Waals surface area contributed by atoms with Crippen molar-refractivity contribution in [1.82, 2.24) is 0 Å². The van der Waals surface area contributed by atoms with Gasteiger partial charge >= 0.3 is 0 Å². The molecule has 280 valence electrons. The van der Waals surface area contributed by atoms with E-state index in [0.717, 1.165) is 17.1 Å². The fourth-order valence-corrected chi connectivity index (χ4v) is 10.5. The van der Waals surface area contributed by atoms with Gasteiger partial charge in [-0.15, -0.1) is 0 Å². The molecular weight excluding hydrogens is 723 g/mol. The Morgan fingerprint density at radius 3 is 1.48 bits per heavy atom. The molecule has 60 heavy (non-hydrogen) atoms. The minimum atomic E-state index is -0.518. The van der Waals surface area contributed by atoms with Crippen LogP contribution >= 0.6 is 0 Å². The summed E-state index contributed by atoms with van der Waals surface area (Å²) in [4.78, 5) is 2.50. The van der Waals surface area contributed by atoms with Gasteiger partial charge < -0.3 is 4.90 Å². The molecule has 10 aromatic carbocycles. The van der Waals surface area contributed by atoms with Crippen molar-refractivity contribution in [2.75, 3.05) is 4.90 Å². The van der Waals surface area contributed by atoms with Gasteiger partial charge in [-0.3, -0.25) is 0 Å². The molecule has 2 aliphatic rings. The highest BCUT2D eigenvalue weighted by Gasteiger charge is 2.53. The number of nitrogens with zero attached hydrogens (tertiary/aromatic N) is 1. The molecule has 1 unspecified atom stereocenters. The third-order valence-corrected chi connectivity index (χ3v) is 12.9. The quantitative estimate of drug-likeness (QED) is 0.163. The molecule has 1 heteroatoms. The smallest absolute Gasteiger partial charge is 0.0726 e. The maximum absolute atomic E-state index is 2.50. The molecule has 0 saturated carbocycles. The molecule has 2 aliphatic carbocycles. The Bertz CT molecular complexity index is 3250. The molecule has 0 heterocycles. The summed E-state index contributed by atoms with van der Waals surface area (Å²) >= 11 is 0. The van der Waals surface area contributed by atoms with E-state index in [0.29, 0.717) is 0 Å². The maximum Gasteiger partial charge on any atom is 0.0726 e. The molecule has 0 amide bonds. The summed E-state index contributed by atoms with van der Waals surface area (Å²) in [7, 11) is 0. The van der Waals surface area contributed by atoms with Crippen LogP contribution < -0.4 is 4.90 Å². The summed E-state index contributed by atoms with van der Waals surface area (Å²) in [6.45, 7) is 0. The van der Waals surface area contributed by atoms with E-state index in [2.05, 4.69) is 241 Å². The van der Waals surface area contributed by atoms with E-state index in [9.17, 15) is 0 Å². The number of para-hydroxylation sites is 1. The Morgan fingerprint density at radius 2 is 0.733 bits per heavy atom. The van der Waals surface area contributed by atoms with E-state index in [1.807, 2.05) is 0 Å². The van der Waals surface area contributed by atoms with Gasteiger partial charge in [-0.1, -0.05) is 212 Å². The van der Waals surface area contributed by atoms with Crippen molar-refractivity contribution >= 4 is 27.8 Å². The number of rotatable bonds is 6. The minimum Gasteiger partial charge on any atom is -0.309 e. The normalized spacial score (nSPS) is 14.4. The minimum absolute atomic E-state index is 0.518. The van der Waals surface area contributed by atoms with Crippen LogP contribution in [0.1, 0.15) is 22.3 Å². The predicted molar refractivity (Wildman–Crippen MR) is 251 cm³/mol. The zero-order valence-electron chi connectivity index (χ0n) is 33.0. The Labute approximate surface area is 351 Å². The van der Waals surface area contributed by atoms with E-state index in [1.165, 1.54) is 88.7 Å². The molecular formula is C59H39N. The second kappa shape index (κ2) is 13.7. The van der Waals surface area contributed by atoms with Crippen molar-refractivity contribution in [2.45, 2.75) is 5.41 Å². The van der Waals surface area contributed by atoms with Crippen LogP contribution in [0.5, 0.6) is 0 Å². The fourth-order valence-electron chi connectivity index (χ4n) is 10.5. The molecule has 1 spiro atoms. The molecule has 0 aromatic heterocycles.